The second-order valence-electron chi connectivity index (χ2n) is 5.28. The topological polar surface area (TPSA) is 58.6 Å². The lowest BCUT2D eigenvalue weighted by Crippen LogP contribution is -2.24. The van der Waals surface area contributed by atoms with Crippen LogP contribution in [0.3, 0.4) is 0 Å². The second kappa shape index (κ2) is 7.45. The minimum atomic E-state index is -0.200. The summed E-state index contributed by atoms with van der Waals surface area (Å²) < 4.78 is 5.25. The molecule has 2 aromatic rings. The van der Waals surface area contributed by atoms with Gasteiger partial charge in [-0.15, -0.1) is 0 Å². The molecule has 0 fully saturated rings. The van der Waals surface area contributed by atoms with Gasteiger partial charge in [0.25, 0.3) is 5.91 Å². The van der Waals surface area contributed by atoms with E-state index < -0.39 is 0 Å². The van der Waals surface area contributed by atoms with Crippen LogP contribution in [-0.2, 0) is 11.2 Å². The highest BCUT2D eigenvalue weighted by atomic mass is 16.5. The third kappa shape index (κ3) is 4.10. The summed E-state index contributed by atoms with van der Waals surface area (Å²) in [5, 5.41) is 2.80. The van der Waals surface area contributed by atoms with Crippen molar-refractivity contribution in [1.82, 2.24) is 4.90 Å². The first kappa shape index (κ1) is 16.5. The van der Waals surface area contributed by atoms with E-state index in [1.54, 1.807) is 45.5 Å². The monoisotopic (exact) mass is 312 g/mol. The molecule has 0 bridgehead atoms. The summed E-state index contributed by atoms with van der Waals surface area (Å²) in [7, 11) is 4.92. The van der Waals surface area contributed by atoms with Gasteiger partial charge in [0, 0.05) is 19.7 Å². The van der Waals surface area contributed by atoms with Gasteiger partial charge in [-0.3, -0.25) is 9.59 Å². The fourth-order valence-electron chi connectivity index (χ4n) is 2.24. The molecule has 0 aliphatic carbocycles. The van der Waals surface area contributed by atoms with Crippen LogP contribution < -0.4 is 10.1 Å². The Kier molecular flexibility index (Phi) is 5.36. The van der Waals surface area contributed by atoms with Crippen LogP contribution in [0, 0.1) is 0 Å². The van der Waals surface area contributed by atoms with Crippen molar-refractivity contribution in [3.8, 4) is 5.75 Å². The number of methoxy groups -OCH3 is 1. The molecule has 2 aromatic carbocycles. The van der Waals surface area contributed by atoms with E-state index in [2.05, 4.69) is 5.32 Å². The van der Waals surface area contributed by atoms with Crippen molar-refractivity contribution in [2.45, 2.75) is 6.42 Å². The predicted octanol–water partition coefficient (Wildman–Crippen LogP) is 2.58. The number of para-hydroxylation sites is 2. The maximum Gasteiger partial charge on any atom is 0.255 e. The molecular weight excluding hydrogens is 292 g/mol. The zero-order valence-corrected chi connectivity index (χ0v) is 13.5. The maximum atomic E-state index is 12.3. The Bertz CT molecular complexity index is 711. The van der Waals surface area contributed by atoms with Crippen LogP contribution in [0.15, 0.2) is 48.5 Å². The lowest BCUT2D eigenvalue weighted by atomic mass is 10.1. The Morgan fingerprint density at radius 2 is 1.70 bits per heavy atom. The molecule has 0 aliphatic rings. The van der Waals surface area contributed by atoms with E-state index in [9.17, 15) is 9.59 Å². The number of nitrogens with zero attached hydrogens (tertiary/aromatic N) is 1. The van der Waals surface area contributed by atoms with E-state index in [-0.39, 0.29) is 18.2 Å². The second-order valence-corrected chi connectivity index (χ2v) is 5.28. The first-order valence-electron chi connectivity index (χ1n) is 7.25. The minimum absolute atomic E-state index is 0.154. The van der Waals surface area contributed by atoms with E-state index in [1.807, 2.05) is 24.3 Å². The molecule has 23 heavy (non-hydrogen) atoms. The van der Waals surface area contributed by atoms with Crippen LogP contribution in [0.4, 0.5) is 5.69 Å². The zero-order chi connectivity index (χ0) is 16.8. The van der Waals surface area contributed by atoms with Gasteiger partial charge in [0.2, 0.25) is 5.91 Å². The van der Waals surface area contributed by atoms with Gasteiger partial charge in [0.1, 0.15) is 5.75 Å². The summed E-state index contributed by atoms with van der Waals surface area (Å²) in [6.45, 7) is 0. The first-order valence-corrected chi connectivity index (χ1v) is 7.25. The average Bonchev–Trinajstić information content (AvgIpc) is 2.55. The smallest absolute Gasteiger partial charge is 0.255 e. The van der Waals surface area contributed by atoms with Crippen LogP contribution >= 0.6 is 0 Å². The van der Waals surface area contributed by atoms with Crippen molar-refractivity contribution in [3.63, 3.8) is 0 Å². The molecule has 0 radical (unpaired) electrons. The fourth-order valence-corrected chi connectivity index (χ4v) is 2.24. The van der Waals surface area contributed by atoms with Gasteiger partial charge in [-0.25, -0.2) is 0 Å². The van der Waals surface area contributed by atoms with Gasteiger partial charge >= 0.3 is 0 Å². The standard InChI is InChI=1S/C18H20N2O3/c1-20(2)18(22)14-9-5-6-10-15(14)19-17(21)12-13-8-4-7-11-16(13)23-3/h4-11H,12H2,1-3H3,(H,19,21). The Balaban J connectivity index is 2.16. The number of carbonyl (C=O) groups excluding carboxylic acids is 2. The molecule has 5 heteroatoms. The number of nitrogens with one attached hydrogen (secondary N) is 1. The van der Waals surface area contributed by atoms with E-state index in [0.717, 1.165) is 5.56 Å². The van der Waals surface area contributed by atoms with Crippen LogP contribution in [-0.4, -0.2) is 37.9 Å². The number of hydrogen-bond donors (Lipinski definition) is 1. The molecule has 120 valence electrons. The number of carbonyl (C=O) groups is 2. The van der Waals surface area contributed by atoms with Crippen molar-refractivity contribution < 1.29 is 14.3 Å². The first-order chi connectivity index (χ1) is 11.0. The summed E-state index contributed by atoms with van der Waals surface area (Å²) in [4.78, 5) is 25.9. The Hall–Kier alpha value is -2.82. The van der Waals surface area contributed by atoms with Crippen LogP contribution in [0.2, 0.25) is 0 Å². The van der Waals surface area contributed by atoms with Crippen molar-refractivity contribution in [1.29, 1.82) is 0 Å². The molecule has 0 aromatic heterocycles. The van der Waals surface area contributed by atoms with E-state index >= 15 is 0 Å². The number of amides is 2. The number of hydrogen-bond acceptors (Lipinski definition) is 3. The van der Waals surface area contributed by atoms with Gasteiger partial charge < -0.3 is 15.0 Å². The summed E-state index contributed by atoms with van der Waals surface area (Å²) >= 11 is 0. The predicted molar refractivity (Wildman–Crippen MR) is 89.8 cm³/mol. The number of rotatable bonds is 5. The Morgan fingerprint density at radius 1 is 1.04 bits per heavy atom. The van der Waals surface area contributed by atoms with Crippen molar-refractivity contribution in [3.05, 3.63) is 59.7 Å². The highest BCUT2D eigenvalue weighted by Crippen LogP contribution is 2.20. The molecule has 2 amide bonds. The summed E-state index contributed by atoms with van der Waals surface area (Å²) in [6, 6.07) is 14.3. The normalized spacial score (nSPS) is 10.0. The molecule has 0 aliphatic heterocycles. The molecule has 2 rings (SSSR count). The van der Waals surface area contributed by atoms with E-state index in [4.69, 9.17) is 4.74 Å². The van der Waals surface area contributed by atoms with Crippen molar-refractivity contribution >= 4 is 17.5 Å². The SMILES string of the molecule is COc1ccccc1CC(=O)Nc1ccccc1C(=O)N(C)C. The zero-order valence-electron chi connectivity index (χ0n) is 13.5. The van der Waals surface area contributed by atoms with E-state index in [1.165, 1.54) is 4.90 Å². The molecule has 0 atom stereocenters. The number of anilines is 1. The third-order valence-electron chi connectivity index (χ3n) is 3.38. The lowest BCUT2D eigenvalue weighted by Gasteiger charge is -2.15. The van der Waals surface area contributed by atoms with Gasteiger partial charge in [0.05, 0.1) is 24.8 Å². The van der Waals surface area contributed by atoms with Crippen molar-refractivity contribution in [2.75, 3.05) is 26.5 Å². The largest absolute Gasteiger partial charge is 0.496 e. The molecule has 1 N–H and O–H groups in total. The van der Waals surface area contributed by atoms with Crippen molar-refractivity contribution in [2.24, 2.45) is 0 Å². The fraction of sp³-hybridized carbons (Fsp3) is 0.222. The van der Waals surface area contributed by atoms with Crippen LogP contribution in [0.5, 0.6) is 5.75 Å². The van der Waals surface area contributed by atoms with Gasteiger partial charge in [-0.1, -0.05) is 30.3 Å². The summed E-state index contributed by atoms with van der Waals surface area (Å²) in [5.74, 6) is 0.312. The number of benzene rings is 2. The van der Waals surface area contributed by atoms with Crippen LogP contribution in [0.25, 0.3) is 0 Å². The van der Waals surface area contributed by atoms with E-state index in [0.29, 0.717) is 17.0 Å². The molecular formula is C18H20N2O3. The minimum Gasteiger partial charge on any atom is -0.496 e. The molecule has 0 saturated heterocycles. The molecule has 0 spiro atoms. The average molecular weight is 312 g/mol. The van der Waals surface area contributed by atoms with Crippen LogP contribution in [0.1, 0.15) is 15.9 Å². The quantitative estimate of drug-likeness (QED) is 0.923. The molecule has 5 nitrogen and oxygen atoms in total. The third-order valence-corrected chi connectivity index (χ3v) is 3.38. The Labute approximate surface area is 135 Å². The highest BCUT2D eigenvalue weighted by Gasteiger charge is 2.15. The molecule has 0 saturated carbocycles. The highest BCUT2D eigenvalue weighted by molar-refractivity contribution is 6.03. The molecule has 0 heterocycles. The summed E-state index contributed by atoms with van der Waals surface area (Å²) in [5.41, 5.74) is 1.76. The van der Waals surface area contributed by atoms with Gasteiger partial charge in [-0.05, 0) is 18.2 Å². The number of ether oxygens (including phenoxy) is 1. The van der Waals surface area contributed by atoms with Gasteiger partial charge in [-0.2, -0.15) is 0 Å². The summed E-state index contributed by atoms with van der Waals surface area (Å²) in [6.07, 6.45) is 0.175. The maximum absolute atomic E-state index is 12.3. The Morgan fingerprint density at radius 3 is 2.39 bits per heavy atom. The lowest BCUT2D eigenvalue weighted by molar-refractivity contribution is -0.115. The molecule has 0 unspecified atom stereocenters. The van der Waals surface area contributed by atoms with Gasteiger partial charge in [0.15, 0.2) is 0 Å².